The molecule has 1 amide bonds. The minimum atomic E-state index is -0.448. The normalized spacial score (nSPS) is 11.8. The number of aryl methyl sites for hydroxylation is 1. The van der Waals surface area contributed by atoms with Crippen molar-refractivity contribution >= 4 is 11.9 Å². The quantitative estimate of drug-likeness (QED) is 0.845. The van der Waals surface area contributed by atoms with Gasteiger partial charge in [-0.05, 0) is 44.0 Å². The number of methoxy groups -OCH3 is 2. The molecule has 0 saturated carbocycles. The van der Waals surface area contributed by atoms with Crippen LogP contribution in [0.25, 0.3) is 0 Å². The number of ether oxygens (including phenoxy) is 2. The fourth-order valence-electron chi connectivity index (χ4n) is 2.83. The molecule has 1 heterocycles. The van der Waals surface area contributed by atoms with Gasteiger partial charge in [-0.15, -0.1) is 0 Å². The van der Waals surface area contributed by atoms with Gasteiger partial charge in [0.2, 0.25) is 0 Å². The molecule has 2 aromatic rings. The van der Waals surface area contributed by atoms with Crippen molar-refractivity contribution in [3.05, 3.63) is 52.3 Å². The summed E-state index contributed by atoms with van der Waals surface area (Å²) < 4.78 is 9.96. The Labute approximate surface area is 147 Å². The highest BCUT2D eigenvalue weighted by molar-refractivity contribution is 6.00. The van der Waals surface area contributed by atoms with E-state index < -0.39 is 5.97 Å². The van der Waals surface area contributed by atoms with Crippen LogP contribution in [0.15, 0.2) is 24.3 Å². The molecular formula is C19H24N2O4. The molecule has 25 heavy (non-hydrogen) atoms. The number of aromatic nitrogens is 1. The second-order valence-electron chi connectivity index (χ2n) is 5.98. The lowest BCUT2D eigenvalue weighted by atomic mass is 10.1. The Kier molecular flexibility index (Phi) is 5.51. The van der Waals surface area contributed by atoms with E-state index in [1.807, 2.05) is 31.2 Å². The zero-order valence-corrected chi connectivity index (χ0v) is 15.5. The minimum absolute atomic E-state index is 0.136. The number of hydrogen-bond donors (Lipinski definition) is 1. The van der Waals surface area contributed by atoms with Crippen LogP contribution in [0.3, 0.4) is 0 Å². The summed E-state index contributed by atoms with van der Waals surface area (Å²) in [5.41, 5.74) is 3.03. The van der Waals surface area contributed by atoms with Gasteiger partial charge in [0.1, 0.15) is 11.4 Å². The van der Waals surface area contributed by atoms with Crippen molar-refractivity contribution in [2.24, 2.45) is 0 Å². The standard InChI is InChI=1S/C19H24N2O4/c1-11-16(19(23)25-6)12(2)20-17(11)18(22)21(4)13(3)14-7-9-15(24-5)10-8-14/h7-10,13,20H,1-6H3. The molecule has 134 valence electrons. The molecule has 0 fully saturated rings. The number of carbonyl (C=O) groups excluding carboxylic acids is 2. The Morgan fingerprint density at radius 3 is 2.24 bits per heavy atom. The molecule has 1 aromatic heterocycles. The molecule has 6 heteroatoms. The van der Waals surface area contributed by atoms with Gasteiger partial charge in [-0.2, -0.15) is 0 Å². The number of amides is 1. The zero-order valence-electron chi connectivity index (χ0n) is 15.5. The largest absolute Gasteiger partial charge is 0.497 e. The number of esters is 1. The van der Waals surface area contributed by atoms with Gasteiger partial charge in [-0.1, -0.05) is 12.1 Å². The van der Waals surface area contributed by atoms with E-state index in [0.717, 1.165) is 11.3 Å². The van der Waals surface area contributed by atoms with Gasteiger partial charge in [0.05, 0.1) is 25.8 Å². The third kappa shape index (κ3) is 3.52. The predicted molar refractivity (Wildman–Crippen MR) is 95.1 cm³/mol. The highest BCUT2D eigenvalue weighted by atomic mass is 16.5. The van der Waals surface area contributed by atoms with Crippen molar-refractivity contribution < 1.29 is 19.1 Å². The Morgan fingerprint density at radius 2 is 1.72 bits per heavy atom. The first-order valence-corrected chi connectivity index (χ1v) is 8.00. The Hall–Kier alpha value is -2.76. The van der Waals surface area contributed by atoms with E-state index in [1.54, 1.807) is 32.9 Å². The summed E-state index contributed by atoms with van der Waals surface area (Å²) in [6.07, 6.45) is 0. The molecule has 1 atom stereocenters. The van der Waals surface area contributed by atoms with E-state index in [4.69, 9.17) is 9.47 Å². The number of benzene rings is 1. The second kappa shape index (κ2) is 7.42. The van der Waals surface area contributed by atoms with Gasteiger partial charge < -0.3 is 19.4 Å². The molecule has 0 aliphatic heterocycles. The molecule has 1 N–H and O–H groups in total. The van der Waals surface area contributed by atoms with E-state index in [9.17, 15) is 9.59 Å². The summed E-state index contributed by atoms with van der Waals surface area (Å²) >= 11 is 0. The van der Waals surface area contributed by atoms with Crippen molar-refractivity contribution in [2.45, 2.75) is 26.8 Å². The molecule has 0 aliphatic carbocycles. The topological polar surface area (TPSA) is 71.6 Å². The van der Waals surface area contributed by atoms with Gasteiger partial charge in [0, 0.05) is 12.7 Å². The number of H-pyrrole nitrogens is 1. The van der Waals surface area contributed by atoms with E-state index in [0.29, 0.717) is 22.5 Å². The van der Waals surface area contributed by atoms with Crippen LogP contribution < -0.4 is 4.74 Å². The van der Waals surface area contributed by atoms with Gasteiger partial charge in [0.15, 0.2) is 0 Å². The molecular weight excluding hydrogens is 320 g/mol. The van der Waals surface area contributed by atoms with Crippen LogP contribution in [0.4, 0.5) is 0 Å². The summed E-state index contributed by atoms with van der Waals surface area (Å²) in [4.78, 5) is 29.5. The van der Waals surface area contributed by atoms with Crippen LogP contribution in [-0.2, 0) is 4.74 Å². The van der Waals surface area contributed by atoms with Crippen LogP contribution in [0.2, 0.25) is 0 Å². The third-order valence-electron chi connectivity index (χ3n) is 4.54. The number of nitrogens with one attached hydrogen (secondary N) is 1. The summed E-state index contributed by atoms with van der Waals surface area (Å²) in [6, 6.07) is 7.45. The maximum atomic E-state index is 12.9. The van der Waals surface area contributed by atoms with E-state index in [2.05, 4.69) is 4.98 Å². The first-order chi connectivity index (χ1) is 11.8. The minimum Gasteiger partial charge on any atom is -0.497 e. The van der Waals surface area contributed by atoms with Crippen LogP contribution in [0.5, 0.6) is 5.75 Å². The predicted octanol–water partition coefficient (Wildman–Crippen LogP) is 3.26. The van der Waals surface area contributed by atoms with Crippen molar-refractivity contribution in [2.75, 3.05) is 21.3 Å². The molecule has 1 aromatic carbocycles. The van der Waals surface area contributed by atoms with Crippen LogP contribution in [0, 0.1) is 13.8 Å². The van der Waals surface area contributed by atoms with Crippen molar-refractivity contribution in [1.82, 2.24) is 9.88 Å². The van der Waals surface area contributed by atoms with Crippen molar-refractivity contribution in [3.8, 4) is 5.75 Å². The van der Waals surface area contributed by atoms with Crippen molar-refractivity contribution in [3.63, 3.8) is 0 Å². The third-order valence-corrected chi connectivity index (χ3v) is 4.54. The fourth-order valence-corrected chi connectivity index (χ4v) is 2.83. The molecule has 0 radical (unpaired) electrons. The number of nitrogens with zero attached hydrogens (tertiary/aromatic N) is 1. The van der Waals surface area contributed by atoms with Crippen LogP contribution in [-0.4, -0.2) is 43.0 Å². The molecule has 0 saturated heterocycles. The Bertz CT molecular complexity index is 777. The smallest absolute Gasteiger partial charge is 0.339 e. The second-order valence-corrected chi connectivity index (χ2v) is 5.98. The lowest BCUT2D eigenvalue weighted by molar-refractivity contribution is 0.0599. The SMILES string of the molecule is COC(=O)c1c(C)[nH]c(C(=O)N(C)C(C)c2ccc(OC)cc2)c1C. The van der Waals surface area contributed by atoms with Crippen molar-refractivity contribution in [1.29, 1.82) is 0 Å². The first kappa shape index (κ1) is 18.6. The molecule has 1 unspecified atom stereocenters. The molecule has 2 rings (SSSR count). The average molecular weight is 344 g/mol. The van der Waals surface area contributed by atoms with E-state index in [-0.39, 0.29) is 11.9 Å². The Balaban J connectivity index is 2.28. The van der Waals surface area contributed by atoms with E-state index >= 15 is 0 Å². The molecule has 6 nitrogen and oxygen atoms in total. The van der Waals surface area contributed by atoms with E-state index in [1.165, 1.54) is 7.11 Å². The maximum absolute atomic E-state index is 12.9. The molecule has 0 aliphatic rings. The fraction of sp³-hybridized carbons (Fsp3) is 0.368. The summed E-state index contributed by atoms with van der Waals surface area (Å²) in [6.45, 7) is 5.45. The number of hydrogen-bond acceptors (Lipinski definition) is 4. The summed E-state index contributed by atoms with van der Waals surface area (Å²) in [5.74, 6) is 0.138. The van der Waals surface area contributed by atoms with Gasteiger partial charge in [-0.25, -0.2) is 4.79 Å². The van der Waals surface area contributed by atoms with Gasteiger partial charge >= 0.3 is 5.97 Å². The highest BCUT2D eigenvalue weighted by Crippen LogP contribution is 2.25. The number of aromatic amines is 1. The van der Waals surface area contributed by atoms with Crippen LogP contribution in [0.1, 0.15) is 50.6 Å². The zero-order chi connectivity index (χ0) is 18.7. The lowest BCUT2D eigenvalue weighted by Crippen LogP contribution is -2.30. The number of carbonyl (C=O) groups is 2. The average Bonchev–Trinajstić information content (AvgIpc) is 2.93. The monoisotopic (exact) mass is 344 g/mol. The van der Waals surface area contributed by atoms with Gasteiger partial charge in [-0.3, -0.25) is 4.79 Å². The van der Waals surface area contributed by atoms with Gasteiger partial charge in [0.25, 0.3) is 5.91 Å². The highest BCUT2D eigenvalue weighted by Gasteiger charge is 2.26. The lowest BCUT2D eigenvalue weighted by Gasteiger charge is -2.25. The summed E-state index contributed by atoms with van der Waals surface area (Å²) in [7, 11) is 4.68. The van der Waals surface area contributed by atoms with Crippen LogP contribution >= 0.6 is 0 Å². The first-order valence-electron chi connectivity index (χ1n) is 8.00. The number of rotatable bonds is 5. The molecule has 0 spiro atoms. The summed E-state index contributed by atoms with van der Waals surface area (Å²) in [5, 5.41) is 0. The maximum Gasteiger partial charge on any atom is 0.339 e. The Morgan fingerprint density at radius 1 is 1.12 bits per heavy atom. The molecule has 0 bridgehead atoms.